The fourth-order valence-electron chi connectivity index (χ4n) is 3.01. The first-order valence-corrected chi connectivity index (χ1v) is 9.13. The first kappa shape index (κ1) is 16.1. The highest BCUT2D eigenvalue weighted by molar-refractivity contribution is 9.10. The summed E-state index contributed by atoms with van der Waals surface area (Å²) in [6.45, 7) is 2.06. The Kier molecular flexibility index (Phi) is 4.17. The standard InChI is InChI=1S/C20H18BrN3O/c1-13-4-2-3-5-18(13)24-19(14-6-7-14)17(12-22-24)20(25)23-16-10-8-15(21)9-11-16/h2-5,8-12,14H,6-7H2,1H3,(H,23,25). The number of carbonyl (C=O) groups excluding carboxylic acids is 1. The van der Waals surface area contributed by atoms with Crippen molar-refractivity contribution in [2.75, 3.05) is 5.32 Å². The van der Waals surface area contributed by atoms with Gasteiger partial charge in [-0.1, -0.05) is 34.1 Å². The number of hydrogen-bond acceptors (Lipinski definition) is 2. The van der Waals surface area contributed by atoms with Crippen LogP contribution in [0.25, 0.3) is 5.69 Å². The first-order valence-electron chi connectivity index (χ1n) is 8.34. The van der Waals surface area contributed by atoms with Gasteiger partial charge in [0.25, 0.3) is 5.91 Å². The molecule has 1 aliphatic carbocycles. The molecule has 0 saturated heterocycles. The molecule has 4 nitrogen and oxygen atoms in total. The van der Waals surface area contributed by atoms with Crippen LogP contribution in [0.2, 0.25) is 0 Å². The van der Waals surface area contributed by atoms with Crippen molar-refractivity contribution in [3.63, 3.8) is 0 Å². The van der Waals surface area contributed by atoms with E-state index in [1.807, 2.05) is 47.1 Å². The minimum Gasteiger partial charge on any atom is -0.322 e. The summed E-state index contributed by atoms with van der Waals surface area (Å²) in [5, 5.41) is 7.51. The summed E-state index contributed by atoms with van der Waals surface area (Å²) in [4.78, 5) is 12.8. The van der Waals surface area contributed by atoms with Gasteiger partial charge in [-0.25, -0.2) is 4.68 Å². The Morgan fingerprint density at radius 3 is 2.56 bits per heavy atom. The lowest BCUT2D eigenvalue weighted by Gasteiger charge is -2.11. The maximum atomic E-state index is 12.8. The molecular formula is C20H18BrN3O. The van der Waals surface area contributed by atoms with E-state index in [9.17, 15) is 4.79 Å². The molecule has 126 valence electrons. The van der Waals surface area contributed by atoms with Gasteiger partial charge in [-0.15, -0.1) is 0 Å². The molecular weight excluding hydrogens is 378 g/mol. The Balaban J connectivity index is 1.69. The van der Waals surface area contributed by atoms with Crippen LogP contribution in [0.3, 0.4) is 0 Å². The number of aromatic nitrogens is 2. The molecule has 1 fully saturated rings. The second-order valence-corrected chi connectivity index (χ2v) is 7.29. The van der Waals surface area contributed by atoms with Crippen LogP contribution in [0, 0.1) is 6.92 Å². The maximum absolute atomic E-state index is 12.8. The molecule has 0 aliphatic heterocycles. The summed E-state index contributed by atoms with van der Waals surface area (Å²) in [6.07, 6.45) is 3.90. The number of para-hydroxylation sites is 1. The highest BCUT2D eigenvalue weighted by Crippen LogP contribution is 2.42. The molecule has 4 rings (SSSR count). The van der Waals surface area contributed by atoms with Gasteiger partial charge in [-0.3, -0.25) is 4.79 Å². The smallest absolute Gasteiger partial charge is 0.259 e. The minimum absolute atomic E-state index is 0.107. The Morgan fingerprint density at radius 1 is 1.16 bits per heavy atom. The van der Waals surface area contributed by atoms with Gasteiger partial charge in [0.1, 0.15) is 0 Å². The number of anilines is 1. The molecule has 1 N–H and O–H groups in total. The fourth-order valence-corrected chi connectivity index (χ4v) is 3.27. The van der Waals surface area contributed by atoms with Crippen molar-refractivity contribution in [2.24, 2.45) is 0 Å². The van der Waals surface area contributed by atoms with E-state index in [0.717, 1.165) is 39.9 Å². The highest BCUT2D eigenvalue weighted by Gasteiger charge is 2.33. The van der Waals surface area contributed by atoms with E-state index in [-0.39, 0.29) is 5.91 Å². The Morgan fingerprint density at radius 2 is 1.88 bits per heavy atom. The van der Waals surface area contributed by atoms with E-state index < -0.39 is 0 Å². The molecule has 1 aromatic heterocycles. The lowest BCUT2D eigenvalue weighted by molar-refractivity contribution is 0.102. The Bertz CT molecular complexity index is 926. The van der Waals surface area contributed by atoms with Crippen LogP contribution in [0.1, 0.15) is 40.4 Å². The summed E-state index contributed by atoms with van der Waals surface area (Å²) < 4.78 is 2.92. The Labute approximate surface area is 155 Å². The molecule has 5 heteroatoms. The first-order chi connectivity index (χ1) is 12.1. The summed E-state index contributed by atoms with van der Waals surface area (Å²) >= 11 is 3.41. The van der Waals surface area contributed by atoms with E-state index in [4.69, 9.17) is 0 Å². The van der Waals surface area contributed by atoms with Crippen LogP contribution in [-0.2, 0) is 0 Å². The van der Waals surface area contributed by atoms with Crippen molar-refractivity contribution in [3.05, 3.63) is 76.0 Å². The number of nitrogens with one attached hydrogen (secondary N) is 1. The van der Waals surface area contributed by atoms with Crippen LogP contribution < -0.4 is 5.32 Å². The molecule has 0 bridgehead atoms. The average Bonchev–Trinajstić information content (AvgIpc) is 3.36. The monoisotopic (exact) mass is 395 g/mol. The largest absolute Gasteiger partial charge is 0.322 e. The summed E-state index contributed by atoms with van der Waals surface area (Å²) in [5.41, 5.74) is 4.63. The van der Waals surface area contributed by atoms with E-state index in [1.165, 1.54) is 0 Å². The molecule has 0 unspecified atom stereocenters. The van der Waals surface area contributed by atoms with Gasteiger partial charge in [0.05, 0.1) is 23.1 Å². The number of nitrogens with zero attached hydrogens (tertiary/aromatic N) is 2. The van der Waals surface area contributed by atoms with Gasteiger partial charge in [0, 0.05) is 16.1 Å². The zero-order valence-electron chi connectivity index (χ0n) is 13.9. The molecule has 1 saturated carbocycles. The van der Waals surface area contributed by atoms with E-state index in [0.29, 0.717) is 11.5 Å². The molecule has 25 heavy (non-hydrogen) atoms. The molecule has 1 amide bonds. The number of amides is 1. The highest BCUT2D eigenvalue weighted by atomic mass is 79.9. The van der Waals surface area contributed by atoms with Crippen LogP contribution >= 0.6 is 15.9 Å². The number of carbonyl (C=O) groups is 1. The van der Waals surface area contributed by atoms with Crippen molar-refractivity contribution in [1.29, 1.82) is 0 Å². The van der Waals surface area contributed by atoms with Gasteiger partial charge in [-0.2, -0.15) is 5.10 Å². The van der Waals surface area contributed by atoms with Gasteiger partial charge >= 0.3 is 0 Å². The van der Waals surface area contributed by atoms with Gasteiger partial charge in [0.15, 0.2) is 0 Å². The zero-order valence-corrected chi connectivity index (χ0v) is 15.5. The number of aryl methyl sites for hydroxylation is 1. The minimum atomic E-state index is -0.107. The second-order valence-electron chi connectivity index (χ2n) is 6.38. The van der Waals surface area contributed by atoms with Crippen molar-refractivity contribution in [3.8, 4) is 5.69 Å². The normalized spacial score (nSPS) is 13.7. The molecule has 0 spiro atoms. The molecule has 0 atom stereocenters. The fraction of sp³-hybridized carbons (Fsp3) is 0.200. The van der Waals surface area contributed by atoms with Crippen LogP contribution in [0.5, 0.6) is 0 Å². The number of halogens is 1. The Hall–Kier alpha value is -2.40. The van der Waals surface area contributed by atoms with E-state index >= 15 is 0 Å². The lowest BCUT2D eigenvalue weighted by Crippen LogP contribution is -2.14. The quantitative estimate of drug-likeness (QED) is 0.669. The van der Waals surface area contributed by atoms with Crippen molar-refractivity contribution < 1.29 is 4.79 Å². The molecule has 2 aromatic carbocycles. The predicted molar refractivity (Wildman–Crippen MR) is 102 cm³/mol. The SMILES string of the molecule is Cc1ccccc1-n1ncc(C(=O)Nc2ccc(Br)cc2)c1C1CC1. The number of benzene rings is 2. The van der Waals surface area contributed by atoms with Gasteiger partial charge in [0.2, 0.25) is 0 Å². The van der Waals surface area contributed by atoms with Crippen LogP contribution in [-0.4, -0.2) is 15.7 Å². The second kappa shape index (κ2) is 6.48. The van der Waals surface area contributed by atoms with E-state index in [1.54, 1.807) is 6.20 Å². The summed E-state index contributed by atoms with van der Waals surface area (Å²) in [7, 11) is 0. The number of hydrogen-bond donors (Lipinski definition) is 1. The van der Waals surface area contributed by atoms with Crippen molar-refractivity contribution in [2.45, 2.75) is 25.7 Å². The lowest BCUT2D eigenvalue weighted by atomic mass is 10.1. The topological polar surface area (TPSA) is 46.9 Å². The molecule has 3 aromatic rings. The summed E-state index contributed by atoms with van der Waals surface area (Å²) in [5.74, 6) is 0.303. The average molecular weight is 396 g/mol. The zero-order chi connectivity index (χ0) is 17.4. The van der Waals surface area contributed by atoms with Crippen molar-refractivity contribution >= 4 is 27.5 Å². The van der Waals surface area contributed by atoms with Crippen molar-refractivity contribution in [1.82, 2.24) is 9.78 Å². The molecule has 1 aliphatic rings. The van der Waals surface area contributed by atoms with E-state index in [2.05, 4.69) is 39.3 Å². The van der Waals surface area contributed by atoms with Crippen LogP contribution in [0.4, 0.5) is 5.69 Å². The van der Waals surface area contributed by atoms with Crippen LogP contribution in [0.15, 0.2) is 59.2 Å². The summed E-state index contributed by atoms with van der Waals surface area (Å²) in [6, 6.07) is 15.7. The maximum Gasteiger partial charge on any atom is 0.259 e. The van der Waals surface area contributed by atoms with Gasteiger partial charge in [-0.05, 0) is 55.7 Å². The van der Waals surface area contributed by atoms with Gasteiger partial charge < -0.3 is 5.32 Å². The third-order valence-corrected chi connectivity index (χ3v) is 4.99. The molecule has 0 radical (unpaired) electrons. The predicted octanol–water partition coefficient (Wildman–Crippen LogP) is 5.07. The third-order valence-electron chi connectivity index (χ3n) is 4.46. The number of rotatable bonds is 4. The third kappa shape index (κ3) is 3.24. The molecule has 1 heterocycles.